The Morgan fingerprint density at radius 1 is 0.627 bits per heavy atom. The topological polar surface area (TPSA) is 50.9 Å². The number of imidazole rings is 1. The molecule has 0 aliphatic carbocycles. The van der Waals surface area contributed by atoms with E-state index in [1.54, 1.807) is 18.3 Å². The number of rotatable bonds is 9. The highest BCUT2D eigenvalue weighted by Crippen LogP contribution is 2.44. The fourth-order valence-corrected chi connectivity index (χ4v) is 7.77. The van der Waals surface area contributed by atoms with Gasteiger partial charge in [0.2, 0.25) is 0 Å². The first-order valence-corrected chi connectivity index (χ1v) is 20.4. The summed E-state index contributed by atoms with van der Waals surface area (Å²) in [7, 11) is 0. The Morgan fingerprint density at radius 2 is 1.36 bits per heavy atom. The van der Waals surface area contributed by atoms with Crippen LogP contribution < -0.4 is 0 Å². The molecule has 0 saturated heterocycles. The van der Waals surface area contributed by atoms with E-state index < -0.39 is 11.9 Å². The molecule has 0 radical (unpaired) electrons. The average Bonchev–Trinajstić information content (AvgIpc) is 3.66. The third-order valence-corrected chi connectivity index (χ3v) is 11.2. The number of benzene rings is 6. The number of pyridine rings is 1. The van der Waals surface area contributed by atoms with Crippen LogP contribution in [-0.4, -0.2) is 19.6 Å². The van der Waals surface area contributed by atoms with Gasteiger partial charge >= 0.3 is 0 Å². The molecule has 0 fully saturated rings. The van der Waals surface area contributed by atoms with E-state index in [9.17, 15) is 5.11 Å². The van der Waals surface area contributed by atoms with E-state index in [-0.39, 0.29) is 52.7 Å². The molecule has 8 aromatic rings. The molecule has 4 nitrogen and oxygen atoms in total. The lowest BCUT2D eigenvalue weighted by Gasteiger charge is -2.22. The van der Waals surface area contributed by atoms with E-state index in [2.05, 4.69) is 120 Å². The molecule has 0 amide bonds. The van der Waals surface area contributed by atoms with Gasteiger partial charge in [0, 0.05) is 24.3 Å². The van der Waals surface area contributed by atoms with Crippen LogP contribution in [0.3, 0.4) is 0 Å². The number of nitrogens with zero attached hydrogens (tertiary/aromatic N) is 3. The molecule has 0 aliphatic heterocycles. The predicted molar refractivity (Wildman–Crippen MR) is 249 cm³/mol. The number of fused-ring (bicyclic) bond motifs is 1. The van der Waals surface area contributed by atoms with Crippen LogP contribution in [0.5, 0.6) is 5.75 Å². The summed E-state index contributed by atoms with van der Waals surface area (Å²) >= 11 is 0. The van der Waals surface area contributed by atoms with Crippen molar-refractivity contribution in [3.63, 3.8) is 0 Å². The van der Waals surface area contributed by atoms with Crippen molar-refractivity contribution in [3.05, 3.63) is 168 Å². The Bertz CT molecular complexity index is 3110. The van der Waals surface area contributed by atoms with Gasteiger partial charge in [0.1, 0.15) is 11.6 Å². The zero-order valence-electron chi connectivity index (χ0n) is 41.4. The molecule has 0 atom stereocenters. The number of phenols is 1. The van der Waals surface area contributed by atoms with Crippen LogP contribution in [-0.2, 0) is 5.41 Å². The number of aromatic nitrogens is 3. The van der Waals surface area contributed by atoms with Crippen LogP contribution in [0.25, 0.3) is 72.7 Å². The van der Waals surface area contributed by atoms with Gasteiger partial charge in [0.25, 0.3) is 0 Å². The molecule has 2 aromatic heterocycles. The van der Waals surface area contributed by atoms with Gasteiger partial charge in [-0.2, -0.15) is 0 Å². The van der Waals surface area contributed by atoms with Gasteiger partial charge in [0.05, 0.1) is 34.8 Å². The fourth-order valence-electron chi connectivity index (χ4n) is 7.77. The Morgan fingerprint density at radius 3 is 2.05 bits per heavy atom. The lowest BCUT2D eigenvalue weighted by atomic mass is 9.83. The van der Waals surface area contributed by atoms with Crippen LogP contribution in [0.1, 0.15) is 111 Å². The Labute approximate surface area is 358 Å². The maximum Gasteiger partial charge on any atom is 0.149 e. The number of aromatic hydroxyl groups is 1. The molecular weight excluding hydrogens is 719 g/mol. The summed E-state index contributed by atoms with van der Waals surface area (Å²) in [4.78, 5) is 10.3. The maximum atomic E-state index is 12.3. The van der Waals surface area contributed by atoms with Gasteiger partial charge < -0.3 is 5.11 Å². The number of phenolic OH excluding ortho intramolecular Hbond substituents is 1. The van der Waals surface area contributed by atoms with E-state index in [4.69, 9.17) is 18.2 Å². The highest BCUT2D eigenvalue weighted by molar-refractivity contribution is 5.98. The fraction of sp³-hybridized carbons (Fsp3) is 0.236. The monoisotopic (exact) mass is 779 g/mol. The molecule has 4 heteroatoms. The summed E-state index contributed by atoms with van der Waals surface area (Å²) in [5.74, 6) is 0.152. The standard InChI is InChI=1S/C55H55N3O/c1-34(2)39-23-24-50(47(30-39)38-19-14-11-15-20-38)58-51-22-16-21-45(52(51)57-54(58)48-32-41(35(3)4)31-46(36(5)6)53(48)59)42-27-43(29-44(28-42)55(7,8)9)49-33-40(25-26-56-49)37-17-12-10-13-18-37/h10-36,59H,1-9H3/i10D,12D,13D,17D,18D,34D. The zero-order chi connectivity index (χ0) is 46.9. The van der Waals surface area contributed by atoms with Crippen LogP contribution in [0.15, 0.2) is 146 Å². The van der Waals surface area contributed by atoms with Gasteiger partial charge in [-0.3, -0.25) is 9.55 Å². The Hall–Kier alpha value is -6.26. The second-order valence-electron chi connectivity index (χ2n) is 17.3. The van der Waals surface area contributed by atoms with Crippen LogP contribution in [0.4, 0.5) is 0 Å². The summed E-state index contributed by atoms with van der Waals surface area (Å²) in [6.45, 7) is 18.8. The molecular formula is C55H55N3O. The number of hydrogen-bond acceptors (Lipinski definition) is 3. The molecule has 59 heavy (non-hydrogen) atoms. The first-order valence-electron chi connectivity index (χ1n) is 23.4. The molecule has 0 unspecified atom stereocenters. The third-order valence-electron chi connectivity index (χ3n) is 11.2. The third kappa shape index (κ3) is 7.72. The van der Waals surface area contributed by atoms with Gasteiger partial charge in [-0.1, -0.05) is 153 Å². The SMILES string of the molecule is [2H]c1c([2H])c([2H])c(-c2ccnc(-c3cc(-c4cccc5c4nc(-c4cc(C(C)C)cc(C(C)C)c4O)n5-c4ccc(C([2H])(C)C)cc4-c4ccccc4)cc(C(C)(C)C)c3)c2)c([2H])c1[2H]. The van der Waals surface area contributed by atoms with E-state index in [1.807, 2.05) is 44.2 Å². The molecule has 0 spiro atoms. The van der Waals surface area contributed by atoms with Crippen molar-refractivity contribution in [1.82, 2.24) is 14.5 Å². The average molecular weight is 780 g/mol. The number of para-hydroxylation sites is 1. The second kappa shape index (κ2) is 15.8. The second-order valence-corrected chi connectivity index (χ2v) is 17.3. The van der Waals surface area contributed by atoms with E-state index in [1.165, 1.54) is 0 Å². The smallest absolute Gasteiger partial charge is 0.149 e. The molecule has 2 heterocycles. The van der Waals surface area contributed by atoms with E-state index >= 15 is 0 Å². The highest BCUT2D eigenvalue weighted by Gasteiger charge is 2.26. The molecule has 6 aromatic carbocycles. The lowest BCUT2D eigenvalue weighted by Crippen LogP contribution is -2.11. The molecule has 0 saturated carbocycles. The Balaban J connectivity index is 1.44. The summed E-state index contributed by atoms with van der Waals surface area (Å²) in [5.41, 5.74) is 12.3. The molecule has 0 bridgehead atoms. The lowest BCUT2D eigenvalue weighted by molar-refractivity contribution is 0.466. The first kappa shape index (κ1) is 32.7. The minimum absolute atomic E-state index is 0.0467. The van der Waals surface area contributed by atoms with Crippen molar-refractivity contribution in [2.24, 2.45) is 0 Å². The van der Waals surface area contributed by atoms with Crippen molar-refractivity contribution in [2.45, 2.75) is 85.5 Å². The molecule has 0 aliphatic rings. The van der Waals surface area contributed by atoms with E-state index in [0.717, 1.165) is 66.8 Å². The van der Waals surface area contributed by atoms with Crippen molar-refractivity contribution in [1.29, 1.82) is 0 Å². The van der Waals surface area contributed by atoms with Gasteiger partial charge in [-0.15, -0.1) is 0 Å². The van der Waals surface area contributed by atoms with Gasteiger partial charge in [-0.25, -0.2) is 4.98 Å². The quantitative estimate of drug-likeness (QED) is 0.159. The predicted octanol–water partition coefficient (Wildman–Crippen LogP) is 15.1. The van der Waals surface area contributed by atoms with Crippen molar-refractivity contribution >= 4 is 11.0 Å². The van der Waals surface area contributed by atoms with Gasteiger partial charge in [0.15, 0.2) is 0 Å². The number of hydrogen-bond donors (Lipinski definition) is 1. The van der Waals surface area contributed by atoms with E-state index in [0.29, 0.717) is 22.6 Å². The zero-order valence-corrected chi connectivity index (χ0v) is 35.4. The highest BCUT2D eigenvalue weighted by atomic mass is 16.3. The minimum Gasteiger partial charge on any atom is -0.507 e. The molecule has 1 N–H and O–H groups in total. The minimum atomic E-state index is -0.857. The maximum absolute atomic E-state index is 12.3. The summed E-state index contributed by atoms with van der Waals surface area (Å²) in [5, 5.41) is 12.3. The summed E-state index contributed by atoms with van der Waals surface area (Å²) in [6, 6.07) is 34.8. The summed E-state index contributed by atoms with van der Waals surface area (Å²) < 4.78 is 53.3. The normalized spacial score (nSPS) is 13.6. The molecule has 8 rings (SSSR count). The summed E-state index contributed by atoms with van der Waals surface area (Å²) in [6.07, 6.45) is 1.62. The first-order chi connectivity index (χ1) is 30.6. The van der Waals surface area contributed by atoms with Crippen LogP contribution in [0, 0.1) is 0 Å². The van der Waals surface area contributed by atoms with Crippen molar-refractivity contribution in [3.8, 4) is 67.5 Å². The van der Waals surface area contributed by atoms with Crippen LogP contribution in [0.2, 0.25) is 0 Å². The van der Waals surface area contributed by atoms with Crippen LogP contribution >= 0.6 is 0 Å². The van der Waals surface area contributed by atoms with Crippen molar-refractivity contribution < 1.29 is 13.3 Å². The van der Waals surface area contributed by atoms with Crippen molar-refractivity contribution in [2.75, 3.05) is 0 Å². The largest absolute Gasteiger partial charge is 0.507 e. The van der Waals surface area contributed by atoms with Gasteiger partial charge in [-0.05, 0) is 116 Å². The molecule has 296 valence electrons. The Kier molecular flexibility index (Phi) is 8.76.